The van der Waals surface area contributed by atoms with Gasteiger partial charge in [-0.1, -0.05) is 24.3 Å². The highest BCUT2D eigenvalue weighted by molar-refractivity contribution is 7.90. The highest BCUT2D eigenvalue weighted by atomic mass is 32.2. The molecule has 28 heavy (non-hydrogen) atoms. The maximum Gasteiger partial charge on any atom is 0.435 e. The minimum Gasteiger partial charge on any atom is -0.473 e. The molecule has 0 fully saturated rings. The minimum absolute atomic E-state index is 0.00248. The molecule has 0 aliphatic heterocycles. The molecule has 1 aromatic carbocycles. The van der Waals surface area contributed by atoms with E-state index in [1.807, 2.05) is 19.1 Å². The number of benzene rings is 1. The van der Waals surface area contributed by atoms with Crippen LogP contribution in [-0.2, 0) is 22.6 Å². The van der Waals surface area contributed by atoms with Crippen LogP contribution in [0.15, 0.2) is 53.6 Å². The number of aryl methyl sites for hydroxylation is 1. The molecule has 0 amide bonds. The van der Waals surface area contributed by atoms with E-state index in [1.54, 1.807) is 12.1 Å². The smallest absolute Gasteiger partial charge is 0.435 e. The Hall–Kier alpha value is -2.88. The lowest BCUT2D eigenvalue weighted by Gasteiger charge is -2.10. The molecule has 0 saturated carbocycles. The first-order valence-electron chi connectivity index (χ1n) is 8.07. The fourth-order valence-corrected chi connectivity index (χ4v) is 2.97. The molecule has 0 atom stereocenters. The Labute approximate surface area is 159 Å². The predicted octanol–water partition coefficient (Wildman–Crippen LogP) is 3.58. The topological polar surface area (TPSA) is 74.1 Å². The molecule has 2 aromatic heterocycles. The lowest BCUT2D eigenvalue weighted by atomic mass is 10.1. The lowest BCUT2D eigenvalue weighted by molar-refractivity contribution is -0.141. The minimum atomic E-state index is -4.67. The summed E-state index contributed by atoms with van der Waals surface area (Å²) in [4.78, 5) is 3.86. The summed E-state index contributed by atoms with van der Waals surface area (Å²) in [5.41, 5.74) is 0.603. The van der Waals surface area contributed by atoms with Crippen LogP contribution in [0.4, 0.5) is 13.2 Å². The lowest BCUT2D eigenvalue weighted by Crippen LogP contribution is -2.09. The van der Waals surface area contributed by atoms with Crippen molar-refractivity contribution in [3.8, 4) is 11.7 Å². The molecule has 0 N–H and O–H groups in total. The molecule has 6 nitrogen and oxygen atoms in total. The van der Waals surface area contributed by atoms with E-state index in [2.05, 4.69) is 10.1 Å². The van der Waals surface area contributed by atoms with Crippen LogP contribution in [-0.4, -0.2) is 29.4 Å². The Morgan fingerprint density at radius 1 is 1.14 bits per heavy atom. The van der Waals surface area contributed by atoms with E-state index < -0.39 is 21.7 Å². The van der Waals surface area contributed by atoms with Crippen molar-refractivity contribution < 1.29 is 26.3 Å². The summed E-state index contributed by atoms with van der Waals surface area (Å²) < 4.78 is 68.9. The Morgan fingerprint density at radius 2 is 1.86 bits per heavy atom. The second-order valence-corrected chi connectivity index (χ2v) is 8.13. The van der Waals surface area contributed by atoms with Gasteiger partial charge in [0.25, 0.3) is 0 Å². The van der Waals surface area contributed by atoms with E-state index >= 15 is 0 Å². The second-order valence-electron chi connectivity index (χ2n) is 6.12. The summed E-state index contributed by atoms with van der Waals surface area (Å²) in [6.07, 6.45) is -2.60. The number of nitrogens with zero attached hydrogens (tertiary/aromatic N) is 3. The molecule has 0 bridgehead atoms. The van der Waals surface area contributed by atoms with Crippen molar-refractivity contribution in [2.75, 3.05) is 6.26 Å². The molecule has 0 radical (unpaired) electrons. The number of ether oxygens (including phenoxy) is 1. The molecular formula is C18H16F3N3O3S. The Balaban J connectivity index is 1.97. The van der Waals surface area contributed by atoms with Crippen molar-refractivity contribution in [2.24, 2.45) is 0 Å². The highest BCUT2D eigenvalue weighted by Crippen LogP contribution is 2.32. The molecule has 148 valence electrons. The van der Waals surface area contributed by atoms with Crippen molar-refractivity contribution >= 4 is 9.84 Å². The van der Waals surface area contributed by atoms with E-state index in [0.717, 1.165) is 34.3 Å². The van der Waals surface area contributed by atoms with Gasteiger partial charge in [-0.05, 0) is 30.2 Å². The number of halogens is 3. The van der Waals surface area contributed by atoms with Gasteiger partial charge in [0.05, 0.1) is 4.90 Å². The van der Waals surface area contributed by atoms with Crippen molar-refractivity contribution in [1.82, 2.24) is 14.8 Å². The Bertz CT molecular complexity index is 1090. The van der Waals surface area contributed by atoms with Crippen LogP contribution in [0, 0.1) is 6.92 Å². The molecular weight excluding hydrogens is 395 g/mol. The van der Waals surface area contributed by atoms with Crippen LogP contribution in [0.1, 0.15) is 16.8 Å². The average molecular weight is 411 g/mol. The van der Waals surface area contributed by atoms with Gasteiger partial charge in [0, 0.05) is 18.5 Å². The Kier molecular flexibility index (Phi) is 5.16. The van der Waals surface area contributed by atoms with Crippen LogP contribution in [0.5, 0.6) is 5.88 Å². The number of hydrogen-bond donors (Lipinski definition) is 0. The molecule has 0 unspecified atom stereocenters. The summed E-state index contributed by atoms with van der Waals surface area (Å²) in [5.74, 6) is -0.155. The number of aromatic nitrogens is 3. The second kappa shape index (κ2) is 7.27. The van der Waals surface area contributed by atoms with Crippen LogP contribution >= 0.6 is 0 Å². The quantitative estimate of drug-likeness (QED) is 0.642. The van der Waals surface area contributed by atoms with Gasteiger partial charge in [-0.3, -0.25) is 0 Å². The van der Waals surface area contributed by atoms with Crippen LogP contribution in [0.25, 0.3) is 5.82 Å². The van der Waals surface area contributed by atoms with Gasteiger partial charge in [-0.2, -0.15) is 23.0 Å². The zero-order chi connectivity index (χ0) is 20.5. The van der Waals surface area contributed by atoms with E-state index in [-0.39, 0.29) is 23.2 Å². The summed E-state index contributed by atoms with van der Waals surface area (Å²) in [6.45, 7) is 1.90. The van der Waals surface area contributed by atoms with Crippen LogP contribution in [0.3, 0.4) is 0 Å². The van der Waals surface area contributed by atoms with Crippen molar-refractivity contribution in [1.29, 1.82) is 0 Å². The summed E-state index contributed by atoms with van der Waals surface area (Å²) in [7, 11) is -3.48. The van der Waals surface area contributed by atoms with Crippen molar-refractivity contribution in [2.45, 2.75) is 24.6 Å². The van der Waals surface area contributed by atoms with Crippen molar-refractivity contribution in [3.05, 3.63) is 65.5 Å². The summed E-state index contributed by atoms with van der Waals surface area (Å²) in [6, 6.07) is 10.6. The standard InChI is InChI=1S/C18H16F3N3O3S/c1-12-5-3-4-6-13(12)11-27-17-9-15(18(19,20)21)23-24(17)16-8-7-14(10-22-16)28(2,25)26/h3-10H,11H2,1-2H3. The first-order valence-corrected chi connectivity index (χ1v) is 9.96. The number of alkyl halides is 3. The fraction of sp³-hybridized carbons (Fsp3) is 0.222. The third-order valence-corrected chi connectivity index (χ3v) is 5.07. The highest BCUT2D eigenvalue weighted by Gasteiger charge is 2.35. The number of hydrogen-bond acceptors (Lipinski definition) is 5. The molecule has 0 saturated heterocycles. The van der Waals surface area contributed by atoms with E-state index in [1.165, 1.54) is 12.1 Å². The third kappa shape index (κ3) is 4.33. The molecule has 0 aliphatic carbocycles. The van der Waals surface area contributed by atoms with Gasteiger partial charge in [0.1, 0.15) is 6.61 Å². The van der Waals surface area contributed by atoms with E-state index in [9.17, 15) is 21.6 Å². The molecule has 0 spiro atoms. The molecule has 0 aliphatic rings. The molecule has 2 heterocycles. The van der Waals surface area contributed by atoms with E-state index in [4.69, 9.17) is 4.74 Å². The van der Waals surface area contributed by atoms with Gasteiger partial charge in [-0.15, -0.1) is 0 Å². The van der Waals surface area contributed by atoms with Gasteiger partial charge in [0.15, 0.2) is 21.3 Å². The number of sulfone groups is 1. The van der Waals surface area contributed by atoms with Crippen LogP contribution in [0.2, 0.25) is 0 Å². The third-order valence-electron chi connectivity index (χ3n) is 3.97. The number of rotatable bonds is 5. The maximum atomic E-state index is 13.1. The zero-order valence-electron chi connectivity index (χ0n) is 14.9. The average Bonchev–Trinajstić information content (AvgIpc) is 3.05. The van der Waals surface area contributed by atoms with Gasteiger partial charge in [0.2, 0.25) is 5.88 Å². The first kappa shape index (κ1) is 19.9. The number of pyridine rings is 1. The van der Waals surface area contributed by atoms with Crippen LogP contribution < -0.4 is 4.74 Å². The van der Waals surface area contributed by atoms with E-state index in [0.29, 0.717) is 0 Å². The predicted molar refractivity (Wildman–Crippen MR) is 95.0 cm³/mol. The zero-order valence-corrected chi connectivity index (χ0v) is 15.8. The fourth-order valence-electron chi connectivity index (χ4n) is 2.41. The van der Waals surface area contributed by atoms with Gasteiger partial charge < -0.3 is 4.74 Å². The normalized spacial score (nSPS) is 12.2. The first-order chi connectivity index (χ1) is 13.1. The van der Waals surface area contributed by atoms with Crippen molar-refractivity contribution in [3.63, 3.8) is 0 Å². The summed E-state index contributed by atoms with van der Waals surface area (Å²) >= 11 is 0. The summed E-state index contributed by atoms with van der Waals surface area (Å²) in [5, 5.41) is 3.53. The SMILES string of the molecule is Cc1ccccc1COc1cc(C(F)(F)F)nn1-c1ccc(S(C)(=O)=O)cn1. The monoisotopic (exact) mass is 411 g/mol. The Morgan fingerprint density at radius 3 is 2.43 bits per heavy atom. The van der Waals surface area contributed by atoms with Gasteiger partial charge in [-0.25, -0.2) is 13.4 Å². The maximum absolute atomic E-state index is 13.1. The van der Waals surface area contributed by atoms with Gasteiger partial charge >= 0.3 is 6.18 Å². The largest absolute Gasteiger partial charge is 0.473 e. The molecule has 3 rings (SSSR count). The molecule has 10 heteroatoms. The molecule has 3 aromatic rings.